The van der Waals surface area contributed by atoms with Gasteiger partial charge in [-0.25, -0.2) is 13.1 Å². The maximum Gasteiger partial charge on any atom is 0.242 e. The first-order valence-electron chi connectivity index (χ1n) is 8.06. The van der Waals surface area contributed by atoms with Crippen molar-refractivity contribution in [1.29, 1.82) is 0 Å². The minimum absolute atomic E-state index is 0.0320. The van der Waals surface area contributed by atoms with Gasteiger partial charge < -0.3 is 10.6 Å². The van der Waals surface area contributed by atoms with Gasteiger partial charge in [0.1, 0.15) is 4.90 Å². The average molecular weight is 360 g/mol. The molecule has 25 heavy (non-hydrogen) atoms. The van der Waals surface area contributed by atoms with E-state index in [4.69, 9.17) is 5.73 Å². The molecule has 1 aromatic heterocycles. The molecule has 0 saturated heterocycles. The van der Waals surface area contributed by atoms with E-state index < -0.39 is 10.0 Å². The summed E-state index contributed by atoms with van der Waals surface area (Å²) in [5.74, 6) is -0.125. The van der Waals surface area contributed by atoms with Crippen LogP contribution in [-0.2, 0) is 21.2 Å². The predicted molar refractivity (Wildman–Crippen MR) is 95.6 cm³/mol. The molecule has 2 aromatic rings. The van der Waals surface area contributed by atoms with Crippen molar-refractivity contribution in [2.45, 2.75) is 24.2 Å². The lowest BCUT2D eigenvalue weighted by Gasteiger charge is -2.30. The Labute approximate surface area is 146 Å². The van der Waals surface area contributed by atoms with E-state index in [2.05, 4.69) is 9.71 Å². The average Bonchev–Trinajstić information content (AvgIpc) is 2.62. The fraction of sp³-hybridized carbons (Fsp3) is 0.294. The third-order valence-electron chi connectivity index (χ3n) is 4.16. The highest BCUT2D eigenvalue weighted by Gasteiger charge is 2.24. The second-order valence-electron chi connectivity index (χ2n) is 5.83. The minimum Gasteiger partial charge on any atom is -0.398 e. The molecule has 8 heteroatoms. The Morgan fingerprint density at radius 3 is 2.88 bits per heavy atom. The summed E-state index contributed by atoms with van der Waals surface area (Å²) >= 11 is 0. The number of nitrogens with one attached hydrogen (secondary N) is 1. The van der Waals surface area contributed by atoms with Gasteiger partial charge in [-0.1, -0.05) is 6.07 Å². The predicted octanol–water partition coefficient (Wildman–Crippen LogP) is 1.31. The number of sulfonamides is 1. The van der Waals surface area contributed by atoms with E-state index >= 15 is 0 Å². The lowest BCUT2D eigenvalue weighted by molar-refractivity contribution is -0.118. The zero-order valence-corrected chi connectivity index (χ0v) is 14.5. The van der Waals surface area contributed by atoms with Crippen molar-refractivity contribution in [3.05, 3.63) is 48.3 Å². The summed E-state index contributed by atoms with van der Waals surface area (Å²) in [6.07, 6.45) is 4.54. The van der Waals surface area contributed by atoms with Crippen LogP contribution in [0.25, 0.3) is 0 Å². The van der Waals surface area contributed by atoms with Gasteiger partial charge in [0.15, 0.2) is 0 Å². The summed E-state index contributed by atoms with van der Waals surface area (Å²) < 4.78 is 26.7. The van der Waals surface area contributed by atoms with Gasteiger partial charge in [-0.3, -0.25) is 9.78 Å². The number of hydrogen-bond acceptors (Lipinski definition) is 5. The number of anilines is 2. The number of aromatic nitrogens is 1. The molecular formula is C17H20N4O3S. The van der Waals surface area contributed by atoms with Crippen LogP contribution in [0, 0.1) is 0 Å². The highest BCUT2D eigenvalue weighted by molar-refractivity contribution is 7.89. The highest BCUT2D eigenvalue weighted by Crippen LogP contribution is 2.31. The lowest BCUT2D eigenvalue weighted by Crippen LogP contribution is -2.38. The van der Waals surface area contributed by atoms with Gasteiger partial charge in [0.2, 0.25) is 15.9 Å². The molecule has 0 atom stereocenters. The fourth-order valence-corrected chi connectivity index (χ4v) is 3.92. The van der Waals surface area contributed by atoms with Crippen LogP contribution in [0.2, 0.25) is 0 Å². The maximum absolute atomic E-state index is 12.5. The number of nitrogens with two attached hydrogens (primary N) is 1. The number of benzene rings is 1. The van der Waals surface area contributed by atoms with Crippen LogP contribution < -0.4 is 15.4 Å². The van der Waals surface area contributed by atoms with Gasteiger partial charge >= 0.3 is 0 Å². The largest absolute Gasteiger partial charge is 0.398 e. The zero-order chi connectivity index (χ0) is 17.9. The van der Waals surface area contributed by atoms with Crippen molar-refractivity contribution in [1.82, 2.24) is 9.71 Å². The quantitative estimate of drug-likeness (QED) is 0.782. The summed E-state index contributed by atoms with van der Waals surface area (Å²) in [7, 11) is -3.66. The summed E-state index contributed by atoms with van der Waals surface area (Å²) in [5, 5.41) is 0. The molecule has 1 aliphatic rings. The Hall–Kier alpha value is -2.45. The zero-order valence-electron chi connectivity index (χ0n) is 13.7. The van der Waals surface area contributed by atoms with E-state index in [9.17, 15) is 13.2 Å². The number of carbonyl (C=O) groups is 1. The smallest absolute Gasteiger partial charge is 0.242 e. The molecule has 0 spiro atoms. The van der Waals surface area contributed by atoms with Gasteiger partial charge in [0, 0.05) is 43.3 Å². The highest BCUT2D eigenvalue weighted by atomic mass is 32.2. The van der Waals surface area contributed by atoms with E-state index in [1.54, 1.807) is 11.0 Å². The van der Waals surface area contributed by atoms with Crippen LogP contribution in [0.1, 0.15) is 18.4 Å². The Morgan fingerprint density at radius 1 is 1.28 bits per heavy atom. The first kappa shape index (κ1) is 17.4. The molecule has 2 heterocycles. The number of carbonyl (C=O) groups excluding carboxylic acids is 1. The van der Waals surface area contributed by atoms with E-state index in [1.165, 1.54) is 18.5 Å². The first-order chi connectivity index (χ1) is 12.0. The Kier molecular flexibility index (Phi) is 5.00. The molecule has 1 aromatic carbocycles. The minimum atomic E-state index is -3.66. The number of fused-ring (bicyclic) bond motifs is 1. The van der Waals surface area contributed by atoms with Crippen molar-refractivity contribution in [3.8, 4) is 0 Å². The second-order valence-corrected chi connectivity index (χ2v) is 7.60. The van der Waals surface area contributed by atoms with Crippen LogP contribution in [0.3, 0.4) is 0 Å². The number of hydrogen-bond donors (Lipinski definition) is 2. The molecule has 132 valence electrons. The summed E-state index contributed by atoms with van der Waals surface area (Å²) in [6.45, 7) is 0.648. The van der Waals surface area contributed by atoms with E-state index in [0.29, 0.717) is 12.2 Å². The molecule has 0 radical (unpaired) electrons. The first-order valence-corrected chi connectivity index (χ1v) is 9.55. The summed E-state index contributed by atoms with van der Waals surface area (Å²) in [4.78, 5) is 18.1. The number of nitrogen functional groups attached to an aromatic ring is 1. The van der Waals surface area contributed by atoms with Crippen molar-refractivity contribution < 1.29 is 13.2 Å². The Balaban J connectivity index is 1.64. The van der Waals surface area contributed by atoms with Gasteiger partial charge in [0.05, 0.1) is 0 Å². The molecule has 1 amide bonds. The van der Waals surface area contributed by atoms with Crippen molar-refractivity contribution in [2.75, 3.05) is 23.7 Å². The van der Waals surface area contributed by atoms with E-state index in [1.807, 2.05) is 18.2 Å². The molecule has 0 saturated carbocycles. The Morgan fingerprint density at radius 2 is 2.12 bits per heavy atom. The van der Waals surface area contributed by atoms with Crippen LogP contribution in [0.4, 0.5) is 11.4 Å². The second kappa shape index (κ2) is 7.20. The molecule has 3 N–H and O–H groups in total. The van der Waals surface area contributed by atoms with Crippen LogP contribution in [0.15, 0.2) is 47.6 Å². The Bertz CT molecular complexity index is 869. The standard InChI is InChI=1S/C17H20N4O3S/c18-15-6-1-7-16-14(15)5-3-11-21(16)17(22)8-10-20-25(23,24)13-4-2-9-19-12-13/h1-2,4,6-7,9,12,20H,3,5,8,10-11,18H2. The normalized spacial score (nSPS) is 14.2. The van der Waals surface area contributed by atoms with Gasteiger partial charge in [0.25, 0.3) is 0 Å². The van der Waals surface area contributed by atoms with Crippen molar-refractivity contribution in [3.63, 3.8) is 0 Å². The maximum atomic E-state index is 12.5. The molecule has 1 aliphatic heterocycles. The number of rotatable bonds is 5. The van der Waals surface area contributed by atoms with E-state index in [-0.39, 0.29) is 23.8 Å². The fourth-order valence-electron chi connectivity index (χ4n) is 2.93. The monoisotopic (exact) mass is 360 g/mol. The SMILES string of the molecule is Nc1cccc2c1CCCN2C(=O)CCNS(=O)(=O)c1cccnc1. The number of pyridine rings is 1. The molecular weight excluding hydrogens is 340 g/mol. The third-order valence-corrected chi connectivity index (χ3v) is 5.61. The molecule has 3 rings (SSSR count). The number of nitrogens with zero attached hydrogens (tertiary/aromatic N) is 2. The molecule has 0 bridgehead atoms. The van der Waals surface area contributed by atoms with Gasteiger partial charge in [-0.2, -0.15) is 0 Å². The van der Waals surface area contributed by atoms with E-state index in [0.717, 1.165) is 24.1 Å². The van der Waals surface area contributed by atoms with Gasteiger partial charge in [-0.15, -0.1) is 0 Å². The van der Waals surface area contributed by atoms with Crippen molar-refractivity contribution in [2.24, 2.45) is 0 Å². The van der Waals surface area contributed by atoms with Crippen molar-refractivity contribution >= 4 is 27.3 Å². The summed E-state index contributed by atoms with van der Waals surface area (Å²) in [5.41, 5.74) is 8.49. The van der Waals surface area contributed by atoms with Crippen LogP contribution >= 0.6 is 0 Å². The topological polar surface area (TPSA) is 105 Å². The van der Waals surface area contributed by atoms with Crippen LogP contribution in [-0.4, -0.2) is 32.4 Å². The molecule has 0 unspecified atom stereocenters. The molecule has 0 aliphatic carbocycles. The van der Waals surface area contributed by atoms with Gasteiger partial charge in [-0.05, 0) is 42.7 Å². The summed E-state index contributed by atoms with van der Waals surface area (Å²) in [6, 6.07) is 8.54. The molecule has 0 fully saturated rings. The molecule has 7 nitrogen and oxygen atoms in total. The van der Waals surface area contributed by atoms with Crippen LogP contribution in [0.5, 0.6) is 0 Å². The lowest BCUT2D eigenvalue weighted by atomic mass is 9.99. The number of amides is 1. The third kappa shape index (κ3) is 3.80.